The number of anilines is 1. The fourth-order valence-corrected chi connectivity index (χ4v) is 3.82. The van der Waals surface area contributed by atoms with Gasteiger partial charge < -0.3 is 10.2 Å². The van der Waals surface area contributed by atoms with Gasteiger partial charge in [-0.2, -0.15) is 0 Å². The molecule has 0 aromatic carbocycles. The number of nitrogens with zero attached hydrogens (tertiary/aromatic N) is 4. The van der Waals surface area contributed by atoms with Crippen molar-refractivity contribution >= 4 is 23.4 Å². The average Bonchev–Trinajstić information content (AvgIpc) is 2.88. The first-order valence-electron chi connectivity index (χ1n) is 9.92. The predicted octanol–water partition coefficient (Wildman–Crippen LogP) is 2.13. The number of rotatable bonds is 4. The average molecular weight is 405 g/mol. The van der Waals surface area contributed by atoms with Gasteiger partial charge in [0.05, 0.1) is 24.1 Å². The lowest BCUT2D eigenvalue weighted by Gasteiger charge is -2.23. The summed E-state index contributed by atoms with van der Waals surface area (Å²) in [7, 11) is 1.48. The van der Waals surface area contributed by atoms with Crippen molar-refractivity contribution in [1.29, 1.82) is 0 Å². The molecule has 3 amide bonds. The molecule has 2 aliphatic heterocycles. The molecule has 0 unspecified atom stereocenters. The fourth-order valence-electron chi connectivity index (χ4n) is 3.82. The van der Waals surface area contributed by atoms with Gasteiger partial charge in [-0.05, 0) is 49.9 Å². The molecule has 8 nitrogen and oxygen atoms in total. The maximum atomic E-state index is 12.6. The summed E-state index contributed by atoms with van der Waals surface area (Å²) in [6.45, 7) is 2.54. The summed E-state index contributed by atoms with van der Waals surface area (Å²) in [5, 5.41) is 2.83. The summed E-state index contributed by atoms with van der Waals surface area (Å²) < 4.78 is 0. The molecule has 8 heteroatoms. The Balaban J connectivity index is 1.45. The summed E-state index contributed by atoms with van der Waals surface area (Å²) >= 11 is 0. The van der Waals surface area contributed by atoms with Crippen molar-refractivity contribution in [2.75, 3.05) is 25.5 Å². The Bertz CT molecular complexity index is 1040. The smallest absolute Gasteiger partial charge is 0.277 e. The topological polar surface area (TPSA) is 95.5 Å². The van der Waals surface area contributed by atoms with Gasteiger partial charge in [-0.3, -0.25) is 29.3 Å². The number of nitrogens with one attached hydrogen (secondary N) is 1. The molecule has 2 aromatic rings. The lowest BCUT2D eigenvalue weighted by molar-refractivity contribution is -0.136. The molecule has 154 valence electrons. The van der Waals surface area contributed by atoms with Gasteiger partial charge in [0.1, 0.15) is 5.70 Å². The Morgan fingerprint density at radius 3 is 2.70 bits per heavy atom. The van der Waals surface area contributed by atoms with Crippen molar-refractivity contribution in [3.63, 3.8) is 0 Å². The quantitative estimate of drug-likeness (QED) is 0.783. The van der Waals surface area contributed by atoms with Crippen LogP contribution in [0, 0.1) is 6.92 Å². The van der Waals surface area contributed by atoms with Gasteiger partial charge in [0, 0.05) is 37.1 Å². The van der Waals surface area contributed by atoms with E-state index in [1.54, 1.807) is 29.6 Å². The Kier molecular flexibility index (Phi) is 5.31. The van der Waals surface area contributed by atoms with Crippen LogP contribution in [0.5, 0.6) is 0 Å². The molecule has 0 fully saturated rings. The van der Waals surface area contributed by atoms with Crippen LogP contribution in [0.25, 0.3) is 11.3 Å². The lowest BCUT2D eigenvalue weighted by Crippen LogP contribution is -2.37. The molecule has 30 heavy (non-hydrogen) atoms. The molecule has 0 spiro atoms. The minimum absolute atomic E-state index is 0.00917. The zero-order chi connectivity index (χ0) is 21.3. The normalized spacial score (nSPS) is 16.6. The molecule has 0 saturated carbocycles. The van der Waals surface area contributed by atoms with Crippen LogP contribution in [0.2, 0.25) is 0 Å². The third-order valence-electron chi connectivity index (χ3n) is 5.33. The van der Waals surface area contributed by atoms with E-state index < -0.39 is 0 Å². The molecule has 2 aromatic heterocycles. The number of aromatic nitrogens is 2. The van der Waals surface area contributed by atoms with E-state index in [1.807, 2.05) is 19.1 Å². The highest BCUT2D eigenvalue weighted by Crippen LogP contribution is 2.29. The van der Waals surface area contributed by atoms with E-state index in [2.05, 4.69) is 15.3 Å². The summed E-state index contributed by atoms with van der Waals surface area (Å²) in [6, 6.07) is 5.61. The lowest BCUT2D eigenvalue weighted by atomic mass is 10.1. The molecule has 0 saturated heterocycles. The van der Waals surface area contributed by atoms with E-state index in [-0.39, 0.29) is 24.3 Å². The van der Waals surface area contributed by atoms with Crippen LogP contribution >= 0.6 is 0 Å². The first-order chi connectivity index (χ1) is 14.4. The first-order valence-corrected chi connectivity index (χ1v) is 9.92. The number of amides is 3. The molecule has 0 aliphatic carbocycles. The number of hydrogen-bond donors (Lipinski definition) is 1. The van der Waals surface area contributed by atoms with Gasteiger partial charge in [0.25, 0.3) is 11.8 Å². The predicted molar refractivity (Wildman–Crippen MR) is 111 cm³/mol. The number of carbonyl (C=O) groups excluding carboxylic acids is 3. The number of aryl methyl sites for hydroxylation is 1. The SMILES string of the molecule is Cc1cncc(-c2ccc(NC(=O)CN3CCCCC4=C3C(=O)N(C)C4=O)cn2)c1. The van der Waals surface area contributed by atoms with Crippen molar-refractivity contribution in [3.8, 4) is 11.3 Å². The summed E-state index contributed by atoms with van der Waals surface area (Å²) in [5.74, 6) is -0.847. The standard InChI is InChI=1S/C22H23N5O3/c1-14-9-15(11-23-10-14)18-7-6-16(12-24-18)25-19(28)13-27-8-4-3-5-17-20(27)22(30)26(2)21(17)29/h6-7,9-12H,3-5,8,13H2,1-2H3,(H,25,28). The number of pyridine rings is 2. The van der Waals surface area contributed by atoms with E-state index in [1.165, 1.54) is 7.05 Å². The van der Waals surface area contributed by atoms with Crippen LogP contribution in [-0.4, -0.2) is 57.6 Å². The van der Waals surface area contributed by atoms with Crippen molar-refractivity contribution in [2.24, 2.45) is 0 Å². The highest BCUT2D eigenvalue weighted by molar-refractivity contribution is 6.19. The van der Waals surface area contributed by atoms with Crippen LogP contribution < -0.4 is 5.32 Å². The van der Waals surface area contributed by atoms with E-state index >= 15 is 0 Å². The highest BCUT2D eigenvalue weighted by Gasteiger charge is 2.39. The summed E-state index contributed by atoms with van der Waals surface area (Å²) in [4.78, 5) is 48.9. The van der Waals surface area contributed by atoms with Crippen molar-refractivity contribution in [2.45, 2.75) is 26.2 Å². The molecule has 1 N–H and O–H groups in total. The molecule has 0 atom stereocenters. The van der Waals surface area contributed by atoms with Gasteiger partial charge in [-0.15, -0.1) is 0 Å². The van der Waals surface area contributed by atoms with Crippen molar-refractivity contribution in [3.05, 3.63) is 53.6 Å². The third-order valence-corrected chi connectivity index (χ3v) is 5.33. The first kappa shape index (κ1) is 19.8. The number of imide groups is 1. The Morgan fingerprint density at radius 1 is 1.13 bits per heavy atom. The maximum Gasteiger partial charge on any atom is 0.277 e. The van der Waals surface area contributed by atoms with Crippen LogP contribution in [0.15, 0.2) is 48.1 Å². The number of likely N-dealkylation sites (N-methyl/N-ethyl adjacent to an activating group) is 1. The summed E-state index contributed by atoms with van der Waals surface area (Å²) in [5.41, 5.74) is 4.18. The maximum absolute atomic E-state index is 12.6. The second-order valence-corrected chi connectivity index (χ2v) is 7.61. The van der Waals surface area contributed by atoms with E-state index in [0.717, 1.165) is 34.6 Å². The van der Waals surface area contributed by atoms with Gasteiger partial charge >= 0.3 is 0 Å². The van der Waals surface area contributed by atoms with E-state index in [4.69, 9.17) is 0 Å². The van der Waals surface area contributed by atoms with Gasteiger partial charge in [0.15, 0.2) is 0 Å². The second-order valence-electron chi connectivity index (χ2n) is 7.61. The summed E-state index contributed by atoms with van der Waals surface area (Å²) in [6.07, 6.45) is 7.34. The van der Waals surface area contributed by atoms with Crippen LogP contribution in [0.1, 0.15) is 24.8 Å². The van der Waals surface area contributed by atoms with Crippen LogP contribution in [0.3, 0.4) is 0 Å². The van der Waals surface area contributed by atoms with E-state index in [0.29, 0.717) is 29.9 Å². The molecule has 4 heterocycles. The van der Waals surface area contributed by atoms with Gasteiger partial charge in [-0.1, -0.05) is 0 Å². The molecule has 4 rings (SSSR count). The Labute approximate surface area is 174 Å². The Hall–Kier alpha value is -3.55. The second kappa shape index (κ2) is 8.06. The molecule has 2 aliphatic rings. The monoisotopic (exact) mass is 405 g/mol. The minimum Gasteiger partial charge on any atom is -0.357 e. The zero-order valence-corrected chi connectivity index (χ0v) is 17.0. The van der Waals surface area contributed by atoms with Crippen LogP contribution in [-0.2, 0) is 14.4 Å². The molecular formula is C22H23N5O3. The third kappa shape index (κ3) is 3.80. The minimum atomic E-state index is -0.331. The largest absolute Gasteiger partial charge is 0.357 e. The zero-order valence-electron chi connectivity index (χ0n) is 17.0. The molecular weight excluding hydrogens is 382 g/mol. The number of hydrogen-bond acceptors (Lipinski definition) is 6. The highest BCUT2D eigenvalue weighted by atomic mass is 16.2. The number of carbonyl (C=O) groups is 3. The van der Waals surface area contributed by atoms with Crippen molar-refractivity contribution < 1.29 is 14.4 Å². The molecule has 0 radical (unpaired) electrons. The van der Waals surface area contributed by atoms with Gasteiger partial charge in [0.2, 0.25) is 5.91 Å². The fraction of sp³-hybridized carbons (Fsp3) is 0.318. The Morgan fingerprint density at radius 2 is 1.97 bits per heavy atom. The van der Waals surface area contributed by atoms with E-state index in [9.17, 15) is 14.4 Å². The molecule has 0 bridgehead atoms. The van der Waals surface area contributed by atoms with Gasteiger partial charge in [-0.25, -0.2) is 0 Å². The van der Waals surface area contributed by atoms with Crippen molar-refractivity contribution in [1.82, 2.24) is 19.8 Å². The van der Waals surface area contributed by atoms with Crippen LogP contribution in [0.4, 0.5) is 5.69 Å².